The zero-order chi connectivity index (χ0) is 18.4. The molecule has 0 unspecified atom stereocenters. The topological polar surface area (TPSA) is 153 Å². The van der Waals surface area contributed by atoms with Gasteiger partial charge in [0.05, 0.1) is 20.8 Å². The lowest BCUT2D eigenvalue weighted by atomic mass is 10.2. The Balaban J connectivity index is 1.94. The third-order valence-corrected chi connectivity index (χ3v) is 3.24. The number of anilines is 2. The molecule has 2 aromatic carbocycles. The molecule has 0 amide bonds. The van der Waals surface area contributed by atoms with E-state index >= 15 is 0 Å². The van der Waals surface area contributed by atoms with Crippen LogP contribution in [0.25, 0.3) is 0 Å². The van der Waals surface area contributed by atoms with Gasteiger partial charge in [0.15, 0.2) is 0 Å². The second-order valence-electron chi connectivity index (χ2n) is 4.87. The van der Waals surface area contributed by atoms with Gasteiger partial charge in [-0.25, -0.2) is 0 Å². The zero-order valence-corrected chi connectivity index (χ0v) is 12.7. The molecule has 0 spiro atoms. The lowest BCUT2D eigenvalue weighted by Gasteiger charge is -2.09. The molecule has 25 heavy (non-hydrogen) atoms. The molecular formula is C14H13N5O6. The van der Waals surface area contributed by atoms with Gasteiger partial charge in [-0.3, -0.25) is 30.3 Å². The van der Waals surface area contributed by atoms with Gasteiger partial charge in [-0.1, -0.05) is 0 Å². The molecular weight excluding hydrogens is 334 g/mol. The molecule has 2 rings (SSSR count). The van der Waals surface area contributed by atoms with Gasteiger partial charge in [0.2, 0.25) is 0 Å². The van der Waals surface area contributed by atoms with E-state index in [-0.39, 0.29) is 22.7 Å². The van der Waals surface area contributed by atoms with E-state index in [4.69, 9.17) is 0 Å². The number of nitro groups is 3. The highest BCUT2D eigenvalue weighted by molar-refractivity contribution is 5.65. The molecule has 0 saturated carbocycles. The molecule has 0 heterocycles. The average molecular weight is 347 g/mol. The van der Waals surface area contributed by atoms with Crippen LogP contribution in [0.5, 0.6) is 0 Å². The molecule has 130 valence electrons. The summed E-state index contributed by atoms with van der Waals surface area (Å²) in [6.07, 6.45) is 0. The molecule has 0 radical (unpaired) electrons. The Morgan fingerprint density at radius 3 is 1.84 bits per heavy atom. The third-order valence-electron chi connectivity index (χ3n) is 3.24. The number of nitrogens with one attached hydrogen (secondary N) is 2. The Morgan fingerprint density at radius 1 is 0.720 bits per heavy atom. The molecule has 0 aromatic heterocycles. The van der Waals surface area contributed by atoms with Crippen LogP contribution < -0.4 is 10.6 Å². The van der Waals surface area contributed by atoms with Crippen molar-refractivity contribution in [3.8, 4) is 0 Å². The Kier molecular flexibility index (Phi) is 5.40. The van der Waals surface area contributed by atoms with Crippen molar-refractivity contribution in [1.82, 2.24) is 0 Å². The van der Waals surface area contributed by atoms with E-state index in [1.54, 1.807) is 12.1 Å². The normalized spacial score (nSPS) is 10.1. The van der Waals surface area contributed by atoms with Crippen LogP contribution in [0, 0.1) is 30.3 Å². The lowest BCUT2D eigenvalue weighted by Crippen LogP contribution is -2.14. The molecule has 2 aromatic rings. The fraction of sp³-hybridized carbons (Fsp3) is 0.143. The fourth-order valence-electron chi connectivity index (χ4n) is 2.04. The first-order chi connectivity index (χ1) is 11.9. The number of rotatable bonds is 8. The first-order valence-electron chi connectivity index (χ1n) is 7.03. The van der Waals surface area contributed by atoms with Crippen LogP contribution >= 0.6 is 0 Å². The second kappa shape index (κ2) is 7.68. The summed E-state index contributed by atoms with van der Waals surface area (Å²) in [6.45, 7) is 0.682. The Morgan fingerprint density at radius 2 is 1.28 bits per heavy atom. The minimum absolute atomic E-state index is 0.0230. The predicted octanol–water partition coefficient (Wildman–Crippen LogP) is 2.94. The summed E-state index contributed by atoms with van der Waals surface area (Å²) in [6, 6.07) is 9.17. The maximum absolute atomic E-state index is 11.0. The molecule has 0 atom stereocenters. The number of benzene rings is 2. The van der Waals surface area contributed by atoms with Crippen molar-refractivity contribution < 1.29 is 14.8 Å². The van der Waals surface area contributed by atoms with E-state index in [0.29, 0.717) is 18.8 Å². The van der Waals surface area contributed by atoms with Crippen LogP contribution in [0.4, 0.5) is 28.4 Å². The lowest BCUT2D eigenvalue weighted by molar-refractivity contribution is -0.393. The van der Waals surface area contributed by atoms with Crippen LogP contribution in [0.1, 0.15) is 0 Å². The van der Waals surface area contributed by atoms with Crippen LogP contribution in [0.3, 0.4) is 0 Å². The third kappa shape index (κ3) is 4.60. The molecule has 2 N–H and O–H groups in total. The summed E-state index contributed by atoms with van der Waals surface area (Å²) in [5.41, 5.74) is 0.0580. The first-order valence-corrected chi connectivity index (χ1v) is 7.03. The van der Waals surface area contributed by atoms with Crippen molar-refractivity contribution in [2.75, 3.05) is 23.7 Å². The summed E-state index contributed by atoms with van der Waals surface area (Å²) in [5.74, 6) is 0. The maximum atomic E-state index is 11.0. The van der Waals surface area contributed by atoms with E-state index in [2.05, 4.69) is 10.6 Å². The minimum atomic E-state index is -0.701. The number of nitro benzene ring substituents is 3. The van der Waals surface area contributed by atoms with Gasteiger partial charge in [-0.2, -0.15) is 0 Å². The molecule has 0 saturated heterocycles. The largest absolute Gasteiger partial charge is 0.383 e. The van der Waals surface area contributed by atoms with Crippen LogP contribution in [0.15, 0.2) is 42.5 Å². The highest BCUT2D eigenvalue weighted by Crippen LogP contribution is 2.28. The van der Waals surface area contributed by atoms with Crippen molar-refractivity contribution >= 4 is 28.4 Å². The number of nitrogens with zero attached hydrogens (tertiary/aromatic N) is 3. The van der Waals surface area contributed by atoms with Gasteiger partial charge >= 0.3 is 0 Å². The molecule has 0 aliphatic heterocycles. The van der Waals surface area contributed by atoms with Gasteiger partial charge in [-0.15, -0.1) is 0 Å². The molecule has 11 heteroatoms. The van der Waals surface area contributed by atoms with Gasteiger partial charge in [0, 0.05) is 37.0 Å². The van der Waals surface area contributed by atoms with Crippen LogP contribution in [0.2, 0.25) is 0 Å². The van der Waals surface area contributed by atoms with Crippen LogP contribution in [-0.2, 0) is 0 Å². The summed E-state index contributed by atoms with van der Waals surface area (Å²) < 4.78 is 0. The van der Waals surface area contributed by atoms with Gasteiger partial charge < -0.3 is 10.6 Å². The van der Waals surface area contributed by atoms with E-state index in [9.17, 15) is 30.3 Å². The highest BCUT2D eigenvalue weighted by Gasteiger charge is 2.18. The zero-order valence-electron chi connectivity index (χ0n) is 12.7. The van der Waals surface area contributed by atoms with Gasteiger partial charge in [0.25, 0.3) is 17.1 Å². The van der Waals surface area contributed by atoms with Crippen molar-refractivity contribution in [3.63, 3.8) is 0 Å². The highest BCUT2D eigenvalue weighted by atomic mass is 16.6. The van der Waals surface area contributed by atoms with E-state index in [1.165, 1.54) is 24.3 Å². The predicted molar refractivity (Wildman–Crippen MR) is 89.8 cm³/mol. The molecule has 0 aliphatic rings. The number of non-ortho nitro benzene ring substituents is 2. The quantitative estimate of drug-likeness (QED) is 0.419. The van der Waals surface area contributed by atoms with Crippen LogP contribution in [-0.4, -0.2) is 27.9 Å². The van der Waals surface area contributed by atoms with Crippen molar-refractivity contribution in [2.45, 2.75) is 0 Å². The monoisotopic (exact) mass is 347 g/mol. The molecule has 11 nitrogen and oxygen atoms in total. The summed E-state index contributed by atoms with van der Waals surface area (Å²) in [5, 5.41) is 38.1. The average Bonchev–Trinajstić information content (AvgIpc) is 2.58. The summed E-state index contributed by atoms with van der Waals surface area (Å²) in [7, 11) is 0. The van der Waals surface area contributed by atoms with E-state index in [1.807, 2.05) is 0 Å². The first kappa shape index (κ1) is 17.6. The fourth-order valence-corrected chi connectivity index (χ4v) is 2.04. The Labute approximate surface area is 140 Å². The van der Waals surface area contributed by atoms with Crippen molar-refractivity contribution in [1.29, 1.82) is 0 Å². The molecule has 0 aliphatic carbocycles. The maximum Gasteiger partial charge on any atom is 0.299 e. The molecule has 0 fully saturated rings. The summed E-state index contributed by atoms with van der Waals surface area (Å²) >= 11 is 0. The van der Waals surface area contributed by atoms with Gasteiger partial charge in [0.1, 0.15) is 5.69 Å². The SMILES string of the molecule is O=[N+]([O-])c1ccc(NCCNc2ccc([N+](=O)[O-])cc2[N+](=O)[O-])cc1. The van der Waals surface area contributed by atoms with Crippen molar-refractivity contribution in [2.24, 2.45) is 0 Å². The second-order valence-corrected chi connectivity index (χ2v) is 4.87. The smallest absolute Gasteiger partial charge is 0.299 e. The molecule has 0 bridgehead atoms. The standard InChI is InChI=1S/C14H13N5O6/c20-17(21)11-3-1-10(2-4-11)15-7-8-16-13-6-5-12(18(22)23)9-14(13)19(24)25/h1-6,9,15-16H,7-8H2. The van der Waals surface area contributed by atoms with Crippen molar-refractivity contribution in [3.05, 3.63) is 72.8 Å². The summed E-state index contributed by atoms with van der Waals surface area (Å²) in [4.78, 5) is 30.4. The Hall–Kier alpha value is -3.76. The number of hydrogen-bond acceptors (Lipinski definition) is 8. The van der Waals surface area contributed by atoms with E-state index < -0.39 is 14.8 Å². The minimum Gasteiger partial charge on any atom is -0.383 e. The van der Waals surface area contributed by atoms with E-state index in [0.717, 1.165) is 6.07 Å². The Bertz CT molecular complexity index is 808. The van der Waals surface area contributed by atoms with Gasteiger partial charge in [-0.05, 0) is 18.2 Å². The number of hydrogen-bond donors (Lipinski definition) is 2.